The van der Waals surface area contributed by atoms with Crippen LogP contribution >= 0.6 is 11.8 Å². The van der Waals surface area contributed by atoms with Crippen LogP contribution in [0.1, 0.15) is 44.6 Å². The number of H-pyrrole nitrogens is 1. The van der Waals surface area contributed by atoms with Gasteiger partial charge in [0.15, 0.2) is 6.61 Å². The van der Waals surface area contributed by atoms with Crippen molar-refractivity contribution in [3.05, 3.63) is 52.3 Å². The molecule has 0 atom stereocenters. The SMILES string of the molecule is CCOC(=O)c1c(C)[nH]c(C(=O)OCC(=O)NCCSc2ccc(C)cc2)c1C. The number of aromatic amines is 1. The number of rotatable bonds is 9. The summed E-state index contributed by atoms with van der Waals surface area (Å²) in [5.74, 6) is -0.859. The third kappa shape index (κ3) is 6.39. The molecule has 2 rings (SSSR count). The van der Waals surface area contributed by atoms with Crippen molar-refractivity contribution in [2.24, 2.45) is 0 Å². The largest absolute Gasteiger partial charge is 0.462 e. The average Bonchev–Trinajstić information content (AvgIpc) is 2.99. The van der Waals surface area contributed by atoms with Gasteiger partial charge in [-0.25, -0.2) is 9.59 Å². The van der Waals surface area contributed by atoms with Gasteiger partial charge in [0, 0.05) is 22.9 Å². The van der Waals surface area contributed by atoms with Crippen molar-refractivity contribution in [2.75, 3.05) is 25.5 Å². The maximum atomic E-state index is 12.3. The number of carbonyl (C=O) groups excluding carboxylic acids is 3. The average molecular weight is 419 g/mol. The van der Waals surface area contributed by atoms with Crippen LogP contribution in [0.2, 0.25) is 0 Å². The van der Waals surface area contributed by atoms with Crippen molar-refractivity contribution in [1.82, 2.24) is 10.3 Å². The first-order chi connectivity index (χ1) is 13.8. The molecular weight excluding hydrogens is 392 g/mol. The normalized spacial score (nSPS) is 10.5. The van der Waals surface area contributed by atoms with E-state index < -0.39 is 11.9 Å². The molecule has 0 spiro atoms. The Labute approximate surface area is 174 Å². The quantitative estimate of drug-likeness (QED) is 0.369. The van der Waals surface area contributed by atoms with Gasteiger partial charge < -0.3 is 19.8 Å². The minimum Gasteiger partial charge on any atom is -0.462 e. The molecular formula is C21H26N2O5S. The molecule has 0 bridgehead atoms. The minimum absolute atomic E-state index is 0.147. The van der Waals surface area contributed by atoms with E-state index in [0.29, 0.717) is 29.1 Å². The summed E-state index contributed by atoms with van der Waals surface area (Å²) in [4.78, 5) is 40.1. The second-order valence-corrected chi connectivity index (χ2v) is 7.60. The number of benzene rings is 1. The van der Waals surface area contributed by atoms with Crippen LogP contribution in [0.3, 0.4) is 0 Å². The number of aryl methyl sites for hydroxylation is 2. The van der Waals surface area contributed by atoms with Crippen molar-refractivity contribution in [1.29, 1.82) is 0 Å². The predicted molar refractivity (Wildman–Crippen MR) is 111 cm³/mol. The molecule has 0 radical (unpaired) electrons. The van der Waals surface area contributed by atoms with Crippen LogP contribution in [0.15, 0.2) is 29.2 Å². The number of aromatic nitrogens is 1. The van der Waals surface area contributed by atoms with Crippen molar-refractivity contribution < 1.29 is 23.9 Å². The molecule has 156 valence electrons. The number of ether oxygens (including phenoxy) is 2. The molecule has 2 N–H and O–H groups in total. The Kier molecular flexibility index (Phi) is 8.33. The number of nitrogens with one attached hydrogen (secondary N) is 2. The van der Waals surface area contributed by atoms with Crippen LogP contribution in [0, 0.1) is 20.8 Å². The van der Waals surface area contributed by atoms with Crippen molar-refractivity contribution in [2.45, 2.75) is 32.6 Å². The fourth-order valence-electron chi connectivity index (χ4n) is 2.71. The third-order valence-electron chi connectivity index (χ3n) is 4.17. The molecule has 8 heteroatoms. The summed E-state index contributed by atoms with van der Waals surface area (Å²) in [6, 6.07) is 8.15. The first-order valence-corrected chi connectivity index (χ1v) is 10.3. The van der Waals surface area contributed by atoms with Crippen LogP contribution in [-0.2, 0) is 14.3 Å². The third-order valence-corrected chi connectivity index (χ3v) is 5.18. The van der Waals surface area contributed by atoms with E-state index in [-0.39, 0.29) is 24.8 Å². The number of carbonyl (C=O) groups is 3. The lowest BCUT2D eigenvalue weighted by Gasteiger charge is -2.07. The molecule has 0 saturated heterocycles. The van der Waals surface area contributed by atoms with E-state index in [2.05, 4.69) is 10.3 Å². The van der Waals surface area contributed by atoms with E-state index in [1.165, 1.54) is 5.56 Å². The van der Waals surface area contributed by atoms with Crippen molar-refractivity contribution in [3.8, 4) is 0 Å². The molecule has 0 unspecified atom stereocenters. The van der Waals surface area contributed by atoms with Gasteiger partial charge in [0.25, 0.3) is 5.91 Å². The number of hydrogen-bond donors (Lipinski definition) is 2. The van der Waals surface area contributed by atoms with Gasteiger partial charge in [-0.2, -0.15) is 0 Å². The van der Waals surface area contributed by atoms with Gasteiger partial charge >= 0.3 is 11.9 Å². The molecule has 0 aliphatic carbocycles. The number of esters is 2. The first-order valence-electron chi connectivity index (χ1n) is 9.33. The summed E-state index contributed by atoms with van der Waals surface area (Å²) in [7, 11) is 0. The van der Waals surface area contributed by atoms with Gasteiger partial charge in [-0.15, -0.1) is 11.8 Å². The lowest BCUT2D eigenvalue weighted by atomic mass is 10.1. The lowest BCUT2D eigenvalue weighted by molar-refractivity contribution is -0.124. The van der Waals surface area contributed by atoms with E-state index >= 15 is 0 Å². The molecule has 0 aliphatic rings. The van der Waals surface area contributed by atoms with Crippen molar-refractivity contribution >= 4 is 29.6 Å². The Bertz CT molecular complexity index is 874. The van der Waals surface area contributed by atoms with E-state index in [1.807, 2.05) is 31.2 Å². The Hall–Kier alpha value is -2.74. The number of amides is 1. The van der Waals surface area contributed by atoms with E-state index in [1.54, 1.807) is 32.5 Å². The van der Waals surface area contributed by atoms with Crippen LogP contribution in [0.25, 0.3) is 0 Å². The molecule has 1 amide bonds. The summed E-state index contributed by atoms with van der Waals surface area (Å²) in [6.45, 7) is 7.36. The zero-order chi connectivity index (χ0) is 21.4. The first kappa shape index (κ1) is 22.5. The summed E-state index contributed by atoms with van der Waals surface area (Å²) < 4.78 is 10.1. The maximum absolute atomic E-state index is 12.3. The highest BCUT2D eigenvalue weighted by Crippen LogP contribution is 2.20. The molecule has 1 aromatic heterocycles. The highest BCUT2D eigenvalue weighted by Gasteiger charge is 2.24. The molecule has 7 nitrogen and oxygen atoms in total. The molecule has 29 heavy (non-hydrogen) atoms. The molecule has 0 fully saturated rings. The van der Waals surface area contributed by atoms with Crippen LogP contribution in [0.4, 0.5) is 0 Å². The summed E-state index contributed by atoms with van der Waals surface area (Å²) >= 11 is 1.63. The highest BCUT2D eigenvalue weighted by atomic mass is 32.2. The van der Waals surface area contributed by atoms with Gasteiger partial charge in [0.1, 0.15) is 5.69 Å². The van der Waals surface area contributed by atoms with Crippen LogP contribution < -0.4 is 5.32 Å². The zero-order valence-electron chi connectivity index (χ0n) is 17.1. The second kappa shape index (κ2) is 10.7. The van der Waals surface area contributed by atoms with Gasteiger partial charge in [-0.3, -0.25) is 4.79 Å². The number of hydrogen-bond acceptors (Lipinski definition) is 6. The Balaban J connectivity index is 1.78. The molecule has 0 saturated carbocycles. The van der Waals surface area contributed by atoms with Gasteiger partial charge in [-0.1, -0.05) is 17.7 Å². The molecule has 1 aromatic carbocycles. The summed E-state index contributed by atoms with van der Waals surface area (Å²) in [6.07, 6.45) is 0. The zero-order valence-corrected chi connectivity index (χ0v) is 17.9. The van der Waals surface area contributed by atoms with E-state index in [0.717, 1.165) is 4.90 Å². The molecule has 0 aliphatic heterocycles. The Morgan fingerprint density at radius 2 is 1.72 bits per heavy atom. The fourth-order valence-corrected chi connectivity index (χ4v) is 3.48. The van der Waals surface area contributed by atoms with Crippen LogP contribution in [0.5, 0.6) is 0 Å². The fraction of sp³-hybridized carbons (Fsp3) is 0.381. The van der Waals surface area contributed by atoms with Gasteiger partial charge in [0.2, 0.25) is 0 Å². The maximum Gasteiger partial charge on any atom is 0.355 e. The molecule has 2 aromatic rings. The minimum atomic E-state index is -0.690. The second-order valence-electron chi connectivity index (χ2n) is 6.43. The lowest BCUT2D eigenvalue weighted by Crippen LogP contribution is -2.30. The standard InChI is InChI=1S/C21H26N2O5S/c1-5-27-20(25)18-14(3)19(23-15(18)4)21(26)28-12-17(24)22-10-11-29-16-8-6-13(2)7-9-16/h6-9,23H,5,10-12H2,1-4H3,(H,22,24). The van der Waals surface area contributed by atoms with E-state index in [4.69, 9.17) is 9.47 Å². The van der Waals surface area contributed by atoms with Crippen LogP contribution in [-0.4, -0.2) is 48.3 Å². The Morgan fingerprint density at radius 3 is 2.38 bits per heavy atom. The van der Waals surface area contributed by atoms with Gasteiger partial charge in [-0.05, 0) is 45.4 Å². The smallest absolute Gasteiger partial charge is 0.355 e. The monoisotopic (exact) mass is 418 g/mol. The summed E-state index contributed by atoms with van der Waals surface area (Å²) in [5.41, 5.74) is 2.63. The van der Waals surface area contributed by atoms with Gasteiger partial charge in [0.05, 0.1) is 12.2 Å². The Morgan fingerprint density at radius 1 is 1.03 bits per heavy atom. The predicted octanol–water partition coefficient (Wildman–Crippen LogP) is 3.18. The number of thioether (sulfide) groups is 1. The molecule has 1 heterocycles. The topological polar surface area (TPSA) is 97.5 Å². The van der Waals surface area contributed by atoms with E-state index in [9.17, 15) is 14.4 Å². The highest BCUT2D eigenvalue weighted by molar-refractivity contribution is 7.99. The summed E-state index contributed by atoms with van der Waals surface area (Å²) in [5, 5.41) is 2.72. The van der Waals surface area contributed by atoms with Crippen molar-refractivity contribution in [3.63, 3.8) is 0 Å².